The van der Waals surface area contributed by atoms with Gasteiger partial charge >= 0.3 is 24.0 Å². The molecule has 1 rings (SSSR count). The second-order valence-corrected chi connectivity index (χ2v) is 4.79. The Morgan fingerprint density at radius 2 is 1.60 bits per heavy atom. The number of alkyl halides is 7. The topological polar surface area (TPSA) is 92.5 Å². The standard InChI is InChI=1S/C12H9F7N2O4/c13-10(14,11(15,16)12(17,18)19)8(5-21(24)25)20-7-3-1-6(2-4-7)9(22)23/h1-4,8,20H,5H2,(H,22,23). The highest BCUT2D eigenvalue weighted by atomic mass is 19.4. The van der Waals surface area contributed by atoms with Crippen LogP contribution in [0.1, 0.15) is 10.4 Å². The zero-order valence-electron chi connectivity index (χ0n) is 11.9. The van der Waals surface area contributed by atoms with Gasteiger partial charge in [0, 0.05) is 10.6 Å². The van der Waals surface area contributed by atoms with Crippen LogP contribution in [0.4, 0.5) is 36.4 Å². The Labute approximate surface area is 134 Å². The first kappa shape index (κ1) is 20.4. The summed E-state index contributed by atoms with van der Waals surface area (Å²) in [5.41, 5.74) is -0.835. The first-order valence-corrected chi connectivity index (χ1v) is 6.24. The Hall–Kier alpha value is -2.60. The van der Waals surface area contributed by atoms with E-state index in [-0.39, 0.29) is 5.56 Å². The van der Waals surface area contributed by atoms with E-state index in [4.69, 9.17) is 5.11 Å². The highest BCUT2D eigenvalue weighted by Crippen LogP contribution is 2.48. The van der Waals surface area contributed by atoms with E-state index in [1.165, 1.54) is 5.32 Å². The maximum atomic E-state index is 13.7. The number of benzene rings is 1. The highest BCUT2D eigenvalue weighted by molar-refractivity contribution is 5.88. The molecule has 0 aliphatic rings. The van der Waals surface area contributed by atoms with Crippen molar-refractivity contribution >= 4 is 11.7 Å². The summed E-state index contributed by atoms with van der Waals surface area (Å²) in [6.07, 6.45) is -6.64. The van der Waals surface area contributed by atoms with Gasteiger partial charge in [0.25, 0.3) is 0 Å². The lowest BCUT2D eigenvalue weighted by molar-refractivity contribution is -0.491. The lowest BCUT2D eigenvalue weighted by Gasteiger charge is -2.33. The van der Waals surface area contributed by atoms with Gasteiger partial charge in [0.1, 0.15) is 0 Å². The van der Waals surface area contributed by atoms with Crippen LogP contribution in [0.15, 0.2) is 24.3 Å². The van der Waals surface area contributed by atoms with E-state index < -0.39 is 47.2 Å². The summed E-state index contributed by atoms with van der Waals surface area (Å²) in [5, 5.41) is 20.6. The molecule has 2 N–H and O–H groups in total. The molecule has 0 fully saturated rings. The largest absolute Gasteiger partial charge is 0.478 e. The summed E-state index contributed by atoms with van der Waals surface area (Å²) >= 11 is 0. The molecule has 0 radical (unpaired) electrons. The van der Waals surface area contributed by atoms with Crippen molar-refractivity contribution < 1.29 is 45.6 Å². The van der Waals surface area contributed by atoms with Gasteiger partial charge in [-0.05, 0) is 24.3 Å². The van der Waals surface area contributed by atoms with E-state index in [0.717, 1.165) is 24.3 Å². The highest BCUT2D eigenvalue weighted by Gasteiger charge is 2.76. The summed E-state index contributed by atoms with van der Waals surface area (Å²) in [7, 11) is 0. The average molecular weight is 378 g/mol. The normalized spacial score (nSPS) is 14.0. The van der Waals surface area contributed by atoms with Gasteiger partial charge in [-0.15, -0.1) is 0 Å². The minimum Gasteiger partial charge on any atom is -0.478 e. The van der Waals surface area contributed by atoms with Crippen molar-refractivity contribution in [2.75, 3.05) is 11.9 Å². The van der Waals surface area contributed by atoms with Crippen molar-refractivity contribution in [2.24, 2.45) is 0 Å². The van der Waals surface area contributed by atoms with Crippen LogP contribution in [0.3, 0.4) is 0 Å². The monoisotopic (exact) mass is 378 g/mol. The maximum absolute atomic E-state index is 13.7. The van der Waals surface area contributed by atoms with Gasteiger partial charge in [0.15, 0.2) is 6.04 Å². The number of carboxylic acids is 1. The lowest BCUT2D eigenvalue weighted by atomic mass is 10.0. The molecule has 0 amide bonds. The molecule has 1 aromatic carbocycles. The minimum atomic E-state index is -6.64. The molecule has 1 atom stereocenters. The Morgan fingerprint density at radius 3 is 1.96 bits per heavy atom. The molecule has 0 bridgehead atoms. The zero-order chi connectivity index (χ0) is 19.6. The first-order chi connectivity index (χ1) is 11.2. The number of carboxylic acid groups (broad SMARTS) is 1. The van der Waals surface area contributed by atoms with Gasteiger partial charge in [0.05, 0.1) is 5.56 Å². The van der Waals surface area contributed by atoms with Crippen molar-refractivity contribution in [3.8, 4) is 0 Å². The van der Waals surface area contributed by atoms with Gasteiger partial charge in [-0.25, -0.2) is 4.79 Å². The number of hydrogen-bond acceptors (Lipinski definition) is 4. The van der Waals surface area contributed by atoms with Crippen LogP contribution in [0, 0.1) is 10.1 Å². The molecule has 0 saturated heterocycles. The molecular weight excluding hydrogens is 369 g/mol. The molecule has 0 aliphatic heterocycles. The fourth-order valence-corrected chi connectivity index (χ4v) is 1.72. The van der Waals surface area contributed by atoms with Gasteiger partial charge in [0.2, 0.25) is 6.54 Å². The number of halogens is 7. The fraction of sp³-hybridized carbons (Fsp3) is 0.417. The molecule has 0 saturated carbocycles. The zero-order valence-corrected chi connectivity index (χ0v) is 11.9. The molecule has 0 aliphatic carbocycles. The Bertz CT molecular complexity index is 646. The van der Waals surface area contributed by atoms with E-state index in [9.17, 15) is 45.6 Å². The number of rotatable bonds is 7. The predicted molar refractivity (Wildman–Crippen MR) is 68.6 cm³/mol. The third-order valence-corrected chi connectivity index (χ3v) is 3.02. The second-order valence-electron chi connectivity index (χ2n) is 4.79. The SMILES string of the molecule is O=C(O)c1ccc(NC(C[N+](=O)[O-])C(F)(F)C(F)(F)C(F)(F)F)cc1. The van der Waals surface area contributed by atoms with Gasteiger partial charge in [-0.1, -0.05) is 0 Å². The summed E-state index contributed by atoms with van der Waals surface area (Å²) in [6.45, 7) is -1.95. The van der Waals surface area contributed by atoms with Crippen molar-refractivity contribution in [2.45, 2.75) is 24.1 Å². The third-order valence-electron chi connectivity index (χ3n) is 3.02. The molecule has 0 spiro atoms. The first-order valence-electron chi connectivity index (χ1n) is 6.24. The van der Waals surface area contributed by atoms with Crippen molar-refractivity contribution in [1.82, 2.24) is 0 Å². The van der Waals surface area contributed by atoms with Crippen molar-refractivity contribution in [3.63, 3.8) is 0 Å². The van der Waals surface area contributed by atoms with Crippen molar-refractivity contribution in [3.05, 3.63) is 39.9 Å². The summed E-state index contributed by atoms with van der Waals surface area (Å²) in [6, 6.07) is 0.0490. The molecule has 25 heavy (non-hydrogen) atoms. The number of nitrogens with one attached hydrogen (secondary N) is 1. The number of nitro groups is 1. The van der Waals surface area contributed by atoms with E-state index in [1.54, 1.807) is 0 Å². The van der Waals surface area contributed by atoms with Crippen LogP contribution in [0.2, 0.25) is 0 Å². The Balaban J connectivity index is 3.20. The molecule has 1 aromatic rings. The van der Waals surface area contributed by atoms with E-state index in [1.807, 2.05) is 0 Å². The van der Waals surface area contributed by atoms with Crippen LogP contribution in [-0.2, 0) is 0 Å². The summed E-state index contributed by atoms with van der Waals surface area (Å²) in [4.78, 5) is 19.5. The van der Waals surface area contributed by atoms with Crippen LogP contribution in [0.25, 0.3) is 0 Å². The number of hydrogen-bond donors (Lipinski definition) is 2. The lowest BCUT2D eigenvalue weighted by Crippen LogP contribution is -2.61. The molecule has 0 heterocycles. The molecule has 6 nitrogen and oxygen atoms in total. The molecule has 0 aromatic heterocycles. The van der Waals surface area contributed by atoms with E-state index in [0.29, 0.717) is 0 Å². The van der Waals surface area contributed by atoms with Crippen molar-refractivity contribution in [1.29, 1.82) is 0 Å². The minimum absolute atomic E-state index is 0.330. The number of nitrogens with zero attached hydrogens (tertiary/aromatic N) is 1. The van der Waals surface area contributed by atoms with Crippen LogP contribution >= 0.6 is 0 Å². The van der Waals surface area contributed by atoms with E-state index >= 15 is 0 Å². The fourth-order valence-electron chi connectivity index (χ4n) is 1.72. The quantitative estimate of drug-likeness (QED) is 0.432. The summed E-state index contributed by atoms with van der Waals surface area (Å²) in [5.74, 6) is -13.8. The maximum Gasteiger partial charge on any atom is 0.459 e. The Morgan fingerprint density at radius 1 is 1.12 bits per heavy atom. The smallest absolute Gasteiger partial charge is 0.459 e. The van der Waals surface area contributed by atoms with Crippen LogP contribution in [0.5, 0.6) is 0 Å². The number of carbonyl (C=O) groups is 1. The molecule has 13 heteroatoms. The summed E-state index contributed by atoms with van der Waals surface area (Å²) < 4.78 is 90.1. The molecule has 140 valence electrons. The van der Waals surface area contributed by atoms with E-state index in [2.05, 4.69) is 0 Å². The predicted octanol–water partition coefficient (Wildman–Crippen LogP) is 3.27. The number of aromatic carboxylic acids is 1. The molecular formula is C12H9F7N2O4. The van der Waals surface area contributed by atoms with Crippen LogP contribution in [-0.4, -0.2) is 46.6 Å². The second kappa shape index (κ2) is 6.72. The van der Waals surface area contributed by atoms with Gasteiger partial charge in [-0.2, -0.15) is 30.7 Å². The van der Waals surface area contributed by atoms with Gasteiger partial charge in [-0.3, -0.25) is 10.1 Å². The Kier molecular flexibility index (Phi) is 5.50. The number of anilines is 1. The average Bonchev–Trinajstić information content (AvgIpc) is 2.45. The van der Waals surface area contributed by atoms with Crippen LogP contribution < -0.4 is 5.32 Å². The van der Waals surface area contributed by atoms with Gasteiger partial charge < -0.3 is 10.4 Å². The molecule has 1 unspecified atom stereocenters. The third kappa shape index (κ3) is 4.28.